The summed E-state index contributed by atoms with van der Waals surface area (Å²) >= 11 is 0. The van der Waals surface area contributed by atoms with Crippen molar-refractivity contribution >= 4 is 23.1 Å². The van der Waals surface area contributed by atoms with Gasteiger partial charge < -0.3 is 25.4 Å². The first kappa shape index (κ1) is 19.1. The van der Waals surface area contributed by atoms with Gasteiger partial charge in [0, 0.05) is 23.6 Å². The van der Waals surface area contributed by atoms with Gasteiger partial charge in [-0.25, -0.2) is 4.79 Å². The summed E-state index contributed by atoms with van der Waals surface area (Å²) in [7, 11) is 3.17. The second kappa shape index (κ2) is 9.32. The molecule has 3 rings (SSSR count). The van der Waals surface area contributed by atoms with Crippen LogP contribution in [0.3, 0.4) is 0 Å². The zero-order valence-corrected chi connectivity index (χ0v) is 15.9. The average molecular weight is 377 g/mol. The third-order valence-corrected chi connectivity index (χ3v) is 4.11. The Morgan fingerprint density at radius 1 is 0.786 bits per heavy atom. The molecule has 144 valence electrons. The quantitative estimate of drug-likeness (QED) is 0.555. The molecule has 6 nitrogen and oxygen atoms in total. The van der Waals surface area contributed by atoms with Crippen LogP contribution in [0.25, 0.3) is 0 Å². The second-order valence-corrected chi connectivity index (χ2v) is 6.07. The Morgan fingerprint density at radius 3 is 2.11 bits per heavy atom. The van der Waals surface area contributed by atoms with Crippen molar-refractivity contribution < 1.29 is 14.3 Å². The average Bonchev–Trinajstić information content (AvgIpc) is 2.74. The largest absolute Gasteiger partial charge is 0.493 e. The second-order valence-electron chi connectivity index (χ2n) is 6.07. The van der Waals surface area contributed by atoms with E-state index < -0.39 is 0 Å². The number of rotatable bonds is 7. The van der Waals surface area contributed by atoms with E-state index in [0.717, 1.165) is 16.9 Å². The molecule has 0 atom stereocenters. The zero-order valence-electron chi connectivity index (χ0n) is 15.9. The highest BCUT2D eigenvalue weighted by Crippen LogP contribution is 2.27. The van der Waals surface area contributed by atoms with Gasteiger partial charge in [0.15, 0.2) is 11.5 Å². The molecule has 28 heavy (non-hydrogen) atoms. The van der Waals surface area contributed by atoms with E-state index >= 15 is 0 Å². The number of anilines is 3. The van der Waals surface area contributed by atoms with E-state index in [-0.39, 0.29) is 6.03 Å². The molecule has 0 unspecified atom stereocenters. The van der Waals surface area contributed by atoms with E-state index in [1.165, 1.54) is 0 Å². The van der Waals surface area contributed by atoms with Gasteiger partial charge in [0.25, 0.3) is 0 Å². The van der Waals surface area contributed by atoms with E-state index in [2.05, 4.69) is 16.0 Å². The van der Waals surface area contributed by atoms with Gasteiger partial charge in [-0.15, -0.1) is 0 Å². The van der Waals surface area contributed by atoms with Crippen LogP contribution in [0.2, 0.25) is 0 Å². The summed E-state index contributed by atoms with van der Waals surface area (Å²) < 4.78 is 10.5. The van der Waals surface area contributed by atoms with Gasteiger partial charge in [-0.3, -0.25) is 0 Å². The lowest BCUT2D eigenvalue weighted by Gasteiger charge is -2.11. The maximum atomic E-state index is 12.1. The monoisotopic (exact) mass is 377 g/mol. The van der Waals surface area contributed by atoms with Gasteiger partial charge in [0.1, 0.15) is 0 Å². The predicted octanol–water partition coefficient (Wildman–Crippen LogP) is 4.77. The zero-order chi connectivity index (χ0) is 19.8. The van der Waals surface area contributed by atoms with Crippen molar-refractivity contribution in [2.75, 3.05) is 24.9 Å². The van der Waals surface area contributed by atoms with Crippen molar-refractivity contribution in [2.45, 2.75) is 6.54 Å². The topological polar surface area (TPSA) is 71.6 Å². The summed E-state index contributed by atoms with van der Waals surface area (Å²) in [5.74, 6) is 1.28. The number of urea groups is 1. The molecule has 0 aliphatic heterocycles. The van der Waals surface area contributed by atoms with Crippen molar-refractivity contribution in [3.8, 4) is 11.5 Å². The Kier molecular flexibility index (Phi) is 6.36. The Balaban J connectivity index is 1.52. The van der Waals surface area contributed by atoms with Crippen molar-refractivity contribution in [1.29, 1.82) is 0 Å². The number of ether oxygens (including phenoxy) is 2. The van der Waals surface area contributed by atoms with Crippen LogP contribution in [-0.4, -0.2) is 20.3 Å². The fraction of sp³-hybridized carbons (Fsp3) is 0.136. The van der Waals surface area contributed by atoms with Crippen LogP contribution in [0.1, 0.15) is 5.56 Å². The standard InChI is InChI=1S/C22H23N3O3/c1-27-20-13-8-16(14-21(20)28-2)15-23-22(26)25-19-11-9-18(10-12-19)24-17-6-4-3-5-7-17/h3-14,24H,15H2,1-2H3,(H2,23,25,26). The first-order valence-electron chi connectivity index (χ1n) is 8.86. The number of methoxy groups -OCH3 is 2. The highest BCUT2D eigenvalue weighted by Gasteiger charge is 2.06. The molecular weight excluding hydrogens is 354 g/mol. The Morgan fingerprint density at radius 2 is 1.43 bits per heavy atom. The minimum Gasteiger partial charge on any atom is -0.493 e. The molecule has 0 bridgehead atoms. The number of benzene rings is 3. The smallest absolute Gasteiger partial charge is 0.319 e. The molecule has 6 heteroatoms. The lowest BCUT2D eigenvalue weighted by atomic mass is 10.2. The summed E-state index contributed by atoms with van der Waals surface area (Å²) in [6.45, 7) is 0.375. The molecule has 0 saturated carbocycles. The van der Waals surface area contributed by atoms with Crippen LogP contribution in [-0.2, 0) is 6.54 Å². The number of para-hydroxylation sites is 1. The van der Waals surface area contributed by atoms with E-state index in [1.54, 1.807) is 14.2 Å². The fourth-order valence-corrected chi connectivity index (χ4v) is 2.67. The molecule has 0 spiro atoms. The molecule has 0 radical (unpaired) electrons. The number of carbonyl (C=O) groups is 1. The molecule has 0 aliphatic carbocycles. The Hall–Kier alpha value is -3.67. The fourth-order valence-electron chi connectivity index (χ4n) is 2.67. The van der Waals surface area contributed by atoms with Gasteiger partial charge in [-0.1, -0.05) is 24.3 Å². The Labute approximate surface area is 164 Å². The molecular formula is C22H23N3O3. The molecule has 0 fully saturated rings. The Bertz CT molecular complexity index is 912. The lowest BCUT2D eigenvalue weighted by molar-refractivity contribution is 0.251. The third-order valence-electron chi connectivity index (χ3n) is 4.11. The van der Waals surface area contributed by atoms with E-state index in [1.807, 2.05) is 72.8 Å². The van der Waals surface area contributed by atoms with E-state index in [0.29, 0.717) is 23.7 Å². The number of amides is 2. The van der Waals surface area contributed by atoms with Crippen LogP contribution < -0.4 is 25.4 Å². The summed E-state index contributed by atoms with van der Waals surface area (Å²) in [5, 5.41) is 8.95. The van der Waals surface area contributed by atoms with Gasteiger partial charge in [-0.05, 0) is 54.1 Å². The first-order valence-corrected chi connectivity index (χ1v) is 8.86. The van der Waals surface area contributed by atoms with Crippen LogP contribution in [0.5, 0.6) is 11.5 Å². The number of nitrogens with one attached hydrogen (secondary N) is 3. The summed E-state index contributed by atoms with van der Waals surface area (Å²) in [6.07, 6.45) is 0. The van der Waals surface area contributed by atoms with Gasteiger partial charge in [-0.2, -0.15) is 0 Å². The normalized spacial score (nSPS) is 10.1. The van der Waals surface area contributed by atoms with E-state index in [9.17, 15) is 4.79 Å². The van der Waals surface area contributed by atoms with Gasteiger partial charge in [0.05, 0.1) is 14.2 Å². The molecule has 3 N–H and O–H groups in total. The van der Waals surface area contributed by atoms with Crippen LogP contribution in [0.15, 0.2) is 72.8 Å². The van der Waals surface area contributed by atoms with Crippen LogP contribution in [0, 0.1) is 0 Å². The maximum absolute atomic E-state index is 12.1. The minimum atomic E-state index is -0.279. The highest BCUT2D eigenvalue weighted by atomic mass is 16.5. The van der Waals surface area contributed by atoms with Crippen molar-refractivity contribution in [1.82, 2.24) is 5.32 Å². The molecule has 3 aromatic carbocycles. The van der Waals surface area contributed by atoms with Gasteiger partial charge in [0.2, 0.25) is 0 Å². The van der Waals surface area contributed by atoms with E-state index in [4.69, 9.17) is 9.47 Å². The van der Waals surface area contributed by atoms with Gasteiger partial charge >= 0.3 is 6.03 Å². The van der Waals surface area contributed by atoms with Crippen molar-refractivity contribution in [3.05, 3.63) is 78.4 Å². The SMILES string of the molecule is COc1ccc(CNC(=O)Nc2ccc(Nc3ccccc3)cc2)cc1OC. The maximum Gasteiger partial charge on any atom is 0.319 e. The predicted molar refractivity (Wildman–Crippen MR) is 112 cm³/mol. The third kappa shape index (κ3) is 5.17. The van der Waals surface area contributed by atoms with Crippen molar-refractivity contribution in [2.24, 2.45) is 0 Å². The highest BCUT2D eigenvalue weighted by molar-refractivity contribution is 5.89. The molecule has 2 amide bonds. The summed E-state index contributed by atoms with van der Waals surface area (Å²) in [6, 6.07) is 22.7. The summed E-state index contributed by atoms with van der Waals surface area (Å²) in [4.78, 5) is 12.1. The number of carbonyl (C=O) groups excluding carboxylic acids is 1. The number of hydrogen-bond acceptors (Lipinski definition) is 4. The van der Waals surface area contributed by atoms with Crippen LogP contribution >= 0.6 is 0 Å². The number of hydrogen-bond donors (Lipinski definition) is 3. The first-order chi connectivity index (χ1) is 13.7. The molecule has 0 aliphatic rings. The molecule has 0 aromatic heterocycles. The summed E-state index contributed by atoms with van der Waals surface area (Å²) in [5.41, 5.74) is 3.58. The molecule has 3 aromatic rings. The minimum absolute atomic E-state index is 0.279. The van der Waals surface area contributed by atoms with Crippen molar-refractivity contribution in [3.63, 3.8) is 0 Å². The molecule has 0 heterocycles. The van der Waals surface area contributed by atoms with Crippen LogP contribution in [0.4, 0.5) is 21.9 Å². The molecule has 0 saturated heterocycles. The lowest BCUT2D eigenvalue weighted by Crippen LogP contribution is -2.28.